The third-order valence-electron chi connectivity index (χ3n) is 3.63. The molecule has 0 spiro atoms. The Morgan fingerprint density at radius 1 is 1.17 bits per heavy atom. The number of ether oxygens (including phenoxy) is 2. The molecule has 1 aromatic carbocycles. The van der Waals surface area contributed by atoms with Crippen molar-refractivity contribution in [3.8, 4) is 0 Å². The first-order chi connectivity index (χ1) is 11.5. The SMILES string of the molecule is COC(=O)c1ccc(C(=O)OC)c(NC(=O)CN2CCCC2=O)c1. The number of amides is 2. The first-order valence-electron chi connectivity index (χ1n) is 7.34. The summed E-state index contributed by atoms with van der Waals surface area (Å²) in [5.41, 5.74) is 0.408. The summed E-state index contributed by atoms with van der Waals surface area (Å²) < 4.78 is 9.29. The second kappa shape index (κ2) is 7.58. The van der Waals surface area contributed by atoms with Crippen molar-refractivity contribution in [3.05, 3.63) is 29.3 Å². The number of carbonyl (C=O) groups is 4. The van der Waals surface area contributed by atoms with Gasteiger partial charge in [0.2, 0.25) is 11.8 Å². The second-order valence-electron chi connectivity index (χ2n) is 5.21. The molecule has 1 heterocycles. The quantitative estimate of drug-likeness (QED) is 0.800. The summed E-state index contributed by atoms with van der Waals surface area (Å²) in [6, 6.07) is 4.11. The molecule has 2 rings (SSSR count). The van der Waals surface area contributed by atoms with Crippen LogP contribution in [0.1, 0.15) is 33.6 Å². The van der Waals surface area contributed by atoms with Gasteiger partial charge < -0.3 is 19.7 Å². The number of likely N-dealkylation sites (tertiary alicyclic amines) is 1. The Labute approximate surface area is 138 Å². The van der Waals surface area contributed by atoms with Gasteiger partial charge in [-0.25, -0.2) is 9.59 Å². The van der Waals surface area contributed by atoms with E-state index in [1.165, 1.54) is 37.3 Å². The molecular weight excluding hydrogens is 316 g/mol. The van der Waals surface area contributed by atoms with Crippen LogP contribution in [0, 0.1) is 0 Å². The molecule has 0 saturated carbocycles. The lowest BCUT2D eigenvalue weighted by Gasteiger charge is -2.16. The number of anilines is 1. The lowest BCUT2D eigenvalue weighted by atomic mass is 10.1. The average molecular weight is 334 g/mol. The van der Waals surface area contributed by atoms with E-state index in [4.69, 9.17) is 0 Å². The average Bonchev–Trinajstić information content (AvgIpc) is 2.98. The number of esters is 2. The smallest absolute Gasteiger partial charge is 0.339 e. The number of rotatable bonds is 5. The predicted octanol–water partition coefficient (Wildman–Crippen LogP) is 0.821. The molecule has 0 bridgehead atoms. The first kappa shape index (κ1) is 17.5. The molecule has 2 amide bonds. The number of benzene rings is 1. The Balaban J connectivity index is 2.21. The highest BCUT2D eigenvalue weighted by atomic mass is 16.5. The normalized spacial score (nSPS) is 13.6. The summed E-state index contributed by atoms with van der Waals surface area (Å²) in [5, 5.41) is 2.55. The van der Waals surface area contributed by atoms with Gasteiger partial charge in [0.1, 0.15) is 0 Å². The van der Waals surface area contributed by atoms with Crippen LogP contribution in [0.2, 0.25) is 0 Å². The highest BCUT2D eigenvalue weighted by molar-refractivity contribution is 6.04. The highest BCUT2D eigenvalue weighted by Gasteiger charge is 2.23. The Hall–Kier alpha value is -2.90. The van der Waals surface area contributed by atoms with E-state index in [-0.39, 0.29) is 29.3 Å². The van der Waals surface area contributed by atoms with Crippen LogP contribution in [0.3, 0.4) is 0 Å². The molecule has 0 unspecified atom stereocenters. The van der Waals surface area contributed by atoms with Crippen LogP contribution in [0.5, 0.6) is 0 Å². The largest absolute Gasteiger partial charge is 0.465 e. The van der Waals surface area contributed by atoms with Gasteiger partial charge in [-0.05, 0) is 24.6 Å². The van der Waals surface area contributed by atoms with Crippen molar-refractivity contribution in [2.24, 2.45) is 0 Å². The van der Waals surface area contributed by atoms with Crippen LogP contribution in [-0.4, -0.2) is 56.0 Å². The molecule has 0 radical (unpaired) electrons. The molecule has 1 fully saturated rings. The van der Waals surface area contributed by atoms with Gasteiger partial charge in [-0.2, -0.15) is 0 Å². The minimum atomic E-state index is -0.654. The summed E-state index contributed by atoms with van der Waals surface area (Å²) in [5.74, 6) is -1.80. The summed E-state index contributed by atoms with van der Waals surface area (Å²) in [4.78, 5) is 48.6. The molecule has 1 N–H and O–H groups in total. The molecule has 1 saturated heterocycles. The van der Waals surface area contributed by atoms with Crippen molar-refractivity contribution < 1.29 is 28.7 Å². The van der Waals surface area contributed by atoms with Crippen molar-refractivity contribution in [2.45, 2.75) is 12.8 Å². The van der Waals surface area contributed by atoms with Gasteiger partial charge in [-0.3, -0.25) is 9.59 Å². The Morgan fingerprint density at radius 3 is 2.46 bits per heavy atom. The van der Waals surface area contributed by atoms with E-state index in [0.29, 0.717) is 13.0 Å². The van der Waals surface area contributed by atoms with Crippen molar-refractivity contribution >= 4 is 29.4 Å². The van der Waals surface area contributed by atoms with Crippen molar-refractivity contribution in [1.29, 1.82) is 0 Å². The fourth-order valence-corrected chi connectivity index (χ4v) is 2.41. The molecular formula is C16H18N2O6. The van der Waals surface area contributed by atoms with Gasteiger partial charge >= 0.3 is 11.9 Å². The minimum Gasteiger partial charge on any atom is -0.465 e. The first-order valence-corrected chi connectivity index (χ1v) is 7.34. The molecule has 0 aromatic heterocycles. The minimum absolute atomic E-state index is 0.0818. The maximum Gasteiger partial charge on any atom is 0.339 e. The molecule has 8 nitrogen and oxygen atoms in total. The molecule has 1 aliphatic heterocycles. The number of nitrogens with zero attached hydrogens (tertiary/aromatic N) is 1. The molecule has 0 aliphatic carbocycles. The number of hydrogen-bond acceptors (Lipinski definition) is 6. The summed E-state index contributed by atoms with van der Waals surface area (Å²) in [6.45, 7) is 0.417. The van der Waals surface area contributed by atoms with Gasteiger partial charge in [0.25, 0.3) is 0 Å². The maximum atomic E-state index is 12.2. The molecule has 0 atom stereocenters. The number of hydrogen-bond donors (Lipinski definition) is 1. The second-order valence-corrected chi connectivity index (χ2v) is 5.21. The van der Waals surface area contributed by atoms with E-state index in [2.05, 4.69) is 14.8 Å². The lowest BCUT2D eigenvalue weighted by molar-refractivity contribution is -0.131. The number of methoxy groups -OCH3 is 2. The van der Waals surface area contributed by atoms with Crippen LogP contribution in [0.25, 0.3) is 0 Å². The van der Waals surface area contributed by atoms with Gasteiger partial charge in [0.05, 0.1) is 37.6 Å². The topological polar surface area (TPSA) is 102 Å². The molecule has 1 aromatic rings. The Bertz CT molecular complexity index is 685. The Kier molecular flexibility index (Phi) is 5.51. The van der Waals surface area contributed by atoms with E-state index in [1.807, 2.05) is 0 Å². The van der Waals surface area contributed by atoms with Crippen LogP contribution >= 0.6 is 0 Å². The molecule has 1 aliphatic rings. The zero-order chi connectivity index (χ0) is 17.7. The molecule has 8 heteroatoms. The van der Waals surface area contributed by atoms with Gasteiger partial charge in [0, 0.05) is 13.0 Å². The summed E-state index contributed by atoms with van der Waals surface area (Å²) in [7, 11) is 2.44. The fraction of sp³-hybridized carbons (Fsp3) is 0.375. The van der Waals surface area contributed by atoms with Gasteiger partial charge in [-0.1, -0.05) is 0 Å². The summed E-state index contributed by atoms with van der Waals surface area (Å²) in [6.07, 6.45) is 1.15. The number of nitrogens with one attached hydrogen (secondary N) is 1. The van der Waals surface area contributed by atoms with Gasteiger partial charge in [0.15, 0.2) is 0 Å². The van der Waals surface area contributed by atoms with Crippen LogP contribution in [0.4, 0.5) is 5.69 Å². The summed E-state index contributed by atoms with van der Waals surface area (Å²) >= 11 is 0. The maximum absolute atomic E-state index is 12.2. The van der Waals surface area contributed by atoms with Crippen molar-refractivity contribution in [2.75, 3.05) is 32.6 Å². The third-order valence-corrected chi connectivity index (χ3v) is 3.63. The van der Waals surface area contributed by atoms with E-state index < -0.39 is 17.8 Å². The van der Waals surface area contributed by atoms with Gasteiger partial charge in [-0.15, -0.1) is 0 Å². The Morgan fingerprint density at radius 2 is 1.88 bits per heavy atom. The van der Waals surface area contributed by atoms with Crippen molar-refractivity contribution in [1.82, 2.24) is 4.90 Å². The van der Waals surface area contributed by atoms with E-state index in [0.717, 1.165) is 6.42 Å². The monoisotopic (exact) mass is 334 g/mol. The van der Waals surface area contributed by atoms with E-state index in [1.54, 1.807) is 0 Å². The number of carbonyl (C=O) groups excluding carboxylic acids is 4. The van der Waals surface area contributed by atoms with E-state index >= 15 is 0 Å². The standard InChI is InChI=1S/C16H18N2O6/c1-23-15(21)10-5-6-11(16(22)24-2)12(8-10)17-13(19)9-18-7-3-4-14(18)20/h5-6,8H,3-4,7,9H2,1-2H3,(H,17,19). The molecule has 128 valence electrons. The van der Waals surface area contributed by atoms with E-state index in [9.17, 15) is 19.2 Å². The zero-order valence-corrected chi connectivity index (χ0v) is 13.5. The van der Waals surface area contributed by atoms with Crippen LogP contribution < -0.4 is 5.32 Å². The molecule has 24 heavy (non-hydrogen) atoms. The van der Waals surface area contributed by atoms with Crippen molar-refractivity contribution in [3.63, 3.8) is 0 Å². The van der Waals surface area contributed by atoms with Crippen LogP contribution in [-0.2, 0) is 19.1 Å². The van der Waals surface area contributed by atoms with Crippen LogP contribution in [0.15, 0.2) is 18.2 Å². The lowest BCUT2D eigenvalue weighted by Crippen LogP contribution is -2.34. The predicted molar refractivity (Wildman–Crippen MR) is 83.6 cm³/mol. The highest BCUT2D eigenvalue weighted by Crippen LogP contribution is 2.20. The fourth-order valence-electron chi connectivity index (χ4n) is 2.41. The third kappa shape index (κ3) is 3.89. The zero-order valence-electron chi connectivity index (χ0n) is 13.5.